The highest BCUT2D eigenvalue weighted by Gasteiger charge is 2.24. The minimum atomic E-state index is -0.0120. The Bertz CT molecular complexity index is 953. The molecule has 1 atom stereocenters. The van der Waals surface area contributed by atoms with Gasteiger partial charge >= 0.3 is 0 Å². The summed E-state index contributed by atoms with van der Waals surface area (Å²) in [6, 6.07) is 18.1. The molecule has 1 fully saturated rings. The zero-order chi connectivity index (χ0) is 17.2. The van der Waals surface area contributed by atoms with Gasteiger partial charge in [0.25, 0.3) is 5.56 Å². The minimum absolute atomic E-state index is 0.0120. The lowest BCUT2D eigenvalue weighted by Gasteiger charge is -2.36. The number of aromatic nitrogens is 1. The van der Waals surface area contributed by atoms with E-state index < -0.39 is 0 Å². The number of hydrogen-bond acceptors (Lipinski definition) is 3. The van der Waals surface area contributed by atoms with Crippen molar-refractivity contribution in [2.45, 2.75) is 12.6 Å². The largest absolute Gasteiger partial charge is 0.322 e. The maximum absolute atomic E-state index is 12.5. The molecule has 2 N–H and O–H groups in total. The van der Waals surface area contributed by atoms with Gasteiger partial charge in [0.15, 0.2) is 0 Å². The molecule has 0 radical (unpaired) electrons. The summed E-state index contributed by atoms with van der Waals surface area (Å²) in [6.45, 7) is 3.29. The topological polar surface area (TPSA) is 48.1 Å². The average molecular weight is 354 g/mol. The van der Waals surface area contributed by atoms with Gasteiger partial charge in [0.05, 0.1) is 0 Å². The van der Waals surface area contributed by atoms with E-state index in [9.17, 15) is 4.79 Å². The molecule has 0 amide bonds. The first kappa shape index (κ1) is 16.3. The molecule has 1 aliphatic heterocycles. The fourth-order valence-electron chi connectivity index (χ4n) is 3.51. The van der Waals surface area contributed by atoms with E-state index in [2.05, 4.69) is 21.3 Å². The van der Waals surface area contributed by atoms with E-state index in [1.165, 1.54) is 5.56 Å². The molecule has 4 nitrogen and oxygen atoms in total. The predicted octanol–water partition coefficient (Wildman–Crippen LogP) is 3.33. The van der Waals surface area contributed by atoms with E-state index in [1.54, 1.807) is 0 Å². The van der Waals surface area contributed by atoms with E-state index in [1.807, 2.05) is 48.5 Å². The van der Waals surface area contributed by atoms with Gasteiger partial charge in [0, 0.05) is 48.3 Å². The third kappa shape index (κ3) is 3.47. The lowest BCUT2D eigenvalue weighted by atomic mass is 10.0. The smallest absolute Gasteiger partial charge is 0.252 e. The number of pyridine rings is 1. The lowest BCUT2D eigenvalue weighted by molar-refractivity contribution is 0.153. The van der Waals surface area contributed by atoms with Crippen LogP contribution in [0.15, 0.2) is 59.4 Å². The molecule has 0 bridgehead atoms. The van der Waals surface area contributed by atoms with Gasteiger partial charge in [-0.1, -0.05) is 41.9 Å². The summed E-state index contributed by atoms with van der Waals surface area (Å²) in [5.41, 5.74) is 2.84. The lowest BCUT2D eigenvalue weighted by Crippen LogP contribution is -2.46. The summed E-state index contributed by atoms with van der Waals surface area (Å²) in [6.07, 6.45) is 0. The second-order valence-electron chi connectivity index (χ2n) is 6.46. The summed E-state index contributed by atoms with van der Waals surface area (Å²) in [4.78, 5) is 17.8. The molecule has 128 valence electrons. The molecule has 4 rings (SSSR count). The number of nitrogens with one attached hydrogen (secondary N) is 2. The highest BCUT2D eigenvalue weighted by Crippen LogP contribution is 2.26. The third-order valence-corrected chi connectivity index (χ3v) is 5.03. The Hall–Kier alpha value is -2.14. The SMILES string of the molecule is O=c1[nH]c2ccccc2cc1CN1CCNCC1c1cccc(Cl)c1. The first-order valence-electron chi connectivity index (χ1n) is 8.52. The maximum atomic E-state index is 12.5. The van der Waals surface area contributed by atoms with E-state index in [4.69, 9.17) is 11.6 Å². The van der Waals surface area contributed by atoms with Crippen LogP contribution >= 0.6 is 11.6 Å². The van der Waals surface area contributed by atoms with Crippen molar-refractivity contribution < 1.29 is 0 Å². The van der Waals surface area contributed by atoms with Gasteiger partial charge < -0.3 is 10.3 Å². The monoisotopic (exact) mass is 353 g/mol. The fourth-order valence-corrected chi connectivity index (χ4v) is 3.71. The molecule has 1 aliphatic rings. The third-order valence-electron chi connectivity index (χ3n) is 4.79. The van der Waals surface area contributed by atoms with Crippen LogP contribution in [0.4, 0.5) is 0 Å². The molecular weight excluding hydrogens is 334 g/mol. The van der Waals surface area contributed by atoms with Crippen molar-refractivity contribution in [2.75, 3.05) is 19.6 Å². The number of H-pyrrole nitrogens is 1. The van der Waals surface area contributed by atoms with E-state index in [0.717, 1.165) is 41.1 Å². The molecule has 25 heavy (non-hydrogen) atoms. The minimum Gasteiger partial charge on any atom is -0.322 e. The van der Waals surface area contributed by atoms with Crippen LogP contribution in [0, 0.1) is 0 Å². The van der Waals surface area contributed by atoms with E-state index in [0.29, 0.717) is 6.54 Å². The number of hydrogen-bond donors (Lipinski definition) is 2. The van der Waals surface area contributed by atoms with Crippen molar-refractivity contribution in [3.63, 3.8) is 0 Å². The van der Waals surface area contributed by atoms with Gasteiger partial charge in [-0.3, -0.25) is 9.69 Å². The second kappa shape index (κ2) is 7.00. The maximum Gasteiger partial charge on any atom is 0.252 e. The Labute approximate surface area is 151 Å². The number of rotatable bonds is 3. The molecule has 1 saturated heterocycles. The van der Waals surface area contributed by atoms with Crippen molar-refractivity contribution in [3.05, 3.63) is 81.1 Å². The van der Waals surface area contributed by atoms with Gasteiger partial charge in [0.1, 0.15) is 0 Å². The van der Waals surface area contributed by atoms with Gasteiger partial charge in [-0.05, 0) is 35.2 Å². The molecule has 0 spiro atoms. The number of aromatic amines is 1. The van der Waals surface area contributed by atoms with Crippen LogP contribution in [0.2, 0.25) is 5.02 Å². The van der Waals surface area contributed by atoms with Crippen molar-refractivity contribution >= 4 is 22.5 Å². The Morgan fingerprint density at radius 3 is 2.88 bits per heavy atom. The normalized spacial score (nSPS) is 18.5. The van der Waals surface area contributed by atoms with Crippen LogP contribution in [0.1, 0.15) is 17.2 Å². The molecular formula is C20H20ClN3O. The average Bonchev–Trinajstić information content (AvgIpc) is 2.63. The molecule has 2 heterocycles. The molecule has 1 aromatic heterocycles. The van der Waals surface area contributed by atoms with Crippen molar-refractivity contribution in [3.8, 4) is 0 Å². The van der Waals surface area contributed by atoms with Crippen LogP contribution in [0.5, 0.6) is 0 Å². The summed E-state index contributed by atoms with van der Waals surface area (Å²) in [5, 5.41) is 5.25. The summed E-state index contributed by atoms with van der Waals surface area (Å²) < 4.78 is 0. The van der Waals surface area contributed by atoms with Crippen LogP contribution < -0.4 is 10.9 Å². The van der Waals surface area contributed by atoms with Crippen molar-refractivity contribution in [1.29, 1.82) is 0 Å². The van der Waals surface area contributed by atoms with Crippen LogP contribution in [-0.4, -0.2) is 29.5 Å². The molecule has 0 aliphatic carbocycles. The van der Waals surface area contributed by atoms with Gasteiger partial charge in [-0.2, -0.15) is 0 Å². The van der Waals surface area contributed by atoms with Crippen molar-refractivity contribution in [1.82, 2.24) is 15.2 Å². The Balaban J connectivity index is 1.66. The second-order valence-corrected chi connectivity index (χ2v) is 6.89. The summed E-state index contributed by atoms with van der Waals surface area (Å²) in [5.74, 6) is 0. The number of piperazine rings is 1. The zero-order valence-electron chi connectivity index (χ0n) is 13.8. The van der Waals surface area contributed by atoms with Gasteiger partial charge in [0.2, 0.25) is 0 Å². The number of nitrogens with zero attached hydrogens (tertiary/aromatic N) is 1. The molecule has 3 aromatic rings. The molecule has 5 heteroatoms. The summed E-state index contributed by atoms with van der Waals surface area (Å²) in [7, 11) is 0. The van der Waals surface area contributed by atoms with Gasteiger partial charge in [-0.25, -0.2) is 0 Å². The van der Waals surface area contributed by atoms with E-state index >= 15 is 0 Å². The van der Waals surface area contributed by atoms with Gasteiger partial charge in [-0.15, -0.1) is 0 Å². The molecule has 1 unspecified atom stereocenters. The molecule has 2 aromatic carbocycles. The highest BCUT2D eigenvalue weighted by molar-refractivity contribution is 6.30. The first-order valence-corrected chi connectivity index (χ1v) is 8.90. The van der Waals surface area contributed by atoms with Crippen LogP contribution in [0.3, 0.4) is 0 Å². The number of halogens is 1. The van der Waals surface area contributed by atoms with Crippen molar-refractivity contribution in [2.24, 2.45) is 0 Å². The Morgan fingerprint density at radius 2 is 2.00 bits per heavy atom. The van der Waals surface area contributed by atoms with Crippen LogP contribution in [0.25, 0.3) is 10.9 Å². The number of benzene rings is 2. The van der Waals surface area contributed by atoms with E-state index in [-0.39, 0.29) is 11.6 Å². The Kier molecular flexibility index (Phi) is 4.57. The standard InChI is InChI=1S/C20H20ClN3O/c21-17-6-3-5-15(11-17)19-12-22-8-9-24(19)13-16-10-14-4-1-2-7-18(14)23-20(16)25/h1-7,10-11,19,22H,8-9,12-13H2,(H,23,25). The predicted molar refractivity (Wildman–Crippen MR) is 102 cm³/mol. The first-order chi connectivity index (χ1) is 12.2. The molecule has 0 saturated carbocycles. The van der Waals surface area contributed by atoms with Crippen LogP contribution in [-0.2, 0) is 6.54 Å². The zero-order valence-corrected chi connectivity index (χ0v) is 14.6. The quantitative estimate of drug-likeness (QED) is 0.759. The fraction of sp³-hybridized carbons (Fsp3) is 0.250. The highest BCUT2D eigenvalue weighted by atomic mass is 35.5. The summed E-state index contributed by atoms with van der Waals surface area (Å²) >= 11 is 6.17. The number of fused-ring (bicyclic) bond motifs is 1. The number of para-hydroxylation sites is 1. The Morgan fingerprint density at radius 1 is 1.12 bits per heavy atom.